The van der Waals surface area contributed by atoms with Crippen LogP contribution in [0.25, 0.3) is 0 Å². The van der Waals surface area contributed by atoms with Crippen LogP contribution in [0.2, 0.25) is 0 Å². The van der Waals surface area contributed by atoms with Crippen molar-refractivity contribution in [2.75, 3.05) is 13.7 Å². The highest BCUT2D eigenvalue weighted by Crippen LogP contribution is 2.32. The fraction of sp³-hybridized carbons (Fsp3) is 0.500. The van der Waals surface area contributed by atoms with Crippen LogP contribution < -0.4 is 5.32 Å². The fourth-order valence-corrected chi connectivity index (χ4v) is 2.81. The molecule has 0 aromatic heterocycles. The van der Waals surface area contributed by atoms with Crippen LogP contribution in [0.4, 0.5) is 0 Å². The second-order valence-electron chi connectivity index (χ2n) is 3.81. The van der Waals surface area contributed by atoms with Gasteiger partial charge in [0.15, 0.2) is 0 Å². The van der Waals surface area contributed by atoms with Crippen molar-refractivity contribution in [1.82, 2.24) is 5.32 Å². The molecule has 0 spiro atoms. The average Bonchev–Trinajstić information content (AvgIpc) is 2.30. The Kier molecular flexibility index (Phi) is 5.83. The first-order valence-electron chi connectivity index (χ1n) is 5.32. The maximum absolute atomic E-state index is 9.02. The summed E-state index contributed by atoms with van der Waals surface area (Å²) in [4.78, 5) is 1.17. The van der Waals surface area contributed by atoms with Crippen LogP contribution >= 0.6 is 27.7 Å². The summed E-state index contributed by atoms with van der Waals surface area (Å²) >= 11 is 5.25. The number of hydrogen-bond acceptors (Lipinski definition) is 3. The van der Waals surface area contributed by atoms with E-state index < -0.39 is 0 Å². The molecule has 0 aliphatic carbocycles. The van der Waals surface area contributed by atoms with Crippen molar-refractivity contribution in [3.63, 3.8) is 0 Å². The second kappa shape index (κ2) is 6.64. The molecule has 1 aromatic rings. The number of benzene rings is 1. The summed E-state index contributed by atoms with van der Waals surface area (Å²) in [5, 5.41) is 12.5. The Balaban J connectivity index is 2.83. The summed E-state index contributed by atoms with van der Waals surface area (Å²) in [6.07, 6.45) is 0. The van der Waals surface area contributed by atoms with Gasteiger partial charge in [-0.05, 0) is 47.6 Å². The van der Waals surface area contributed by atoms with Crippen LogP contribution in [-0.4, -0.2) is 24.0 Å². The summed E-state index contributed by atoms with van der Waals surface area (Å²) in [5.41, 5.74) is 1.26. The summed E-state index contributed by atoms with van der Waals surface area (Å²) in [7, 11) is 1.95. The molecule has 2 N–H and O–H groups in total. The Morgan fingerprint density at radius 2 is 2.12 bits per heavy atom. The minimum atomic E-state index is 0.200. The Morgan fingerprint density at radius 1 is 1.44 bits per heavy atom. The van der Waals surface area contributed by atoms with Crippen molar-refractivity contribution in [3.05, 3.63) is 28.2 Å². The van der Waals surface area contributed by atoms with Crippen molar-refractivity contribution < 1.29 is 5.11 Å². The van der Waals surface area contributed by atoms with Crippen LogP contribution in [0.5, 0.6) is 0 Å². The van der Waals surface area contributed by atoms with Gasteiger partial charge in [0.1, 0.15) is 0 Å². The largest absolute Gasteiger partial charge is 0.395 e. The smallest absolute Gasteiger partial charge is 0.0550 e. The molecular formula is C12H18BrNOS. The van der Waals surface area contributed by atoms with Gasteiger partial charge in [0, 0.05) is 20.7 Å². The molecule has 1 aromatic carbocycles. The molecule has 0 bridgehead atoms. The highest BCUT2D eigenvalue weighted by molar-refractivity contribution is 9.10. The van der Waals surface area contributed by atoms with Crippen LogP contribution in [0.3, 0.4) is 0 Å². The van der Waals surface area contributed by atoms with Gasteiger partial charge in [0.2, 0.25) is 0 Å². The third kappa shape index (κ3) is 3.77. The molecule has 0 heterocycles. The average molecular weight is 304 g/mol. The van der Waals surface area contributed by atoms with Gasteiger partial charge in [0.05, 0.1) is 6.61 Å². The number of halogens is 1. The lowest BCUT2D eigenvalue weighted by molar-refractivity contribution is 0.300. The lowest BCUT2D eigenvalue weighted by Gasteiger charge is -2.14. The minimum Gasteiger partial charge on any atom is -0.395 e. The zero-order valence-corrected chi connectivity index (χ0v) is 12.2. The molecule has 90 valence electrons. The molecule has 0 saturated heterocycles. The Hall–Kier alpha value is -0.0300. The van der Waals surface area contributed by atoms with Crippen LogP contribution in [0, 0.1) is 0 Å². The molecule has 2 atom stereocenters. The molecule has 0 amide bonds. The maximum atomic E-state index is 9.02. The van der Waals surface area contributed by atoms with Crippen molar-refractivity contribution in [2.24, 2.45) is 0 Å². The van der Waals surface area contributed by atoms with E-state index in [0.29, 0.717) is 6.04 Å². The molecule has 16 heavy (non-hydrogen) atoms. The first-order chi connectivity index (χ1) is 7.58. The number of hydrogen-bond donors (Lipinski definition) is 2. The molecule has 1 rings (SSSR count). The minimum absolute atomic E-state index is 0.200. The zero-order valence-electron chi connectivity index (χ0n) is 9.83. The molecular weight excluding hydrogens is 286 g/mol. The van der Waals surface area contributed by atoms with Crippen LogP contribution in [0.1, 0.15) is 25.5 Å². The first kappa shape index (κ1) is 14.0. The van der Waals surface area contributed by atoms with E-state index in [4.69, 9.17) is 5.11 Å². The number of nitrogens with one attached hydrogen (secondary N) is 1. The Bertz CT molecular complexity index is 346. The number of thioether (sulfide) groups is 1. The Morgan fingerprint density at radius 3 is 2.62 bits per heavy atom. The lowest BCUT2D eigenvalue weighted by atomic mass is 10.1. The van der Waals surface area contributed by atoms with Crippen molar-refractivity contribution in [3.8, 4) is 0 Å². The van der Waals surface area contributed by atoms with Gasteiger partial charge in [-0.1, -0.05) is 13.0 Å². The van der Waals surface area contributed by atoms with Crippen molar-refractivity contribution in [2.45, 2.75) is 30.0 Å². The van der Waals surface area contributed by atoms with Gasteiger partial charge in [-0.15, -0.1) is 11.8 Å². The highest BCUT2D eigenvalue weighted by atomic mass is 79.9. The monoisotopic (exact) mass is 303 g/mol. The molecule has 2 nitrogen and oxygen atoms in total. The normalized spacial score (nSPS) is 14.8. The van der Waals surface area contributed by atoms with Gasteiger partial charge in [-0.2, -0.15) is 0 Å². The van der Waals surface area contributed by atoms with E-state index in [1.165, 1.54) is 10.5 Å². The molecule has 0 aliphatic heterocycles. The van der Waals surface area contributed by atoms with Crippen molar-refractivity contribution >= 4 is 27.7 Å². The highest BCUT2D eigenvalue weighted by Gasteiger charge is 2.09. The second-order valence-corrected chi connectivity index (χ2v) is 6.15. The van der Waals surface area contributed by atoms with E-state index in [2.05, 4.69) is 46.4 Å². The molecule has 0 aliphatic rings. The predicted molar refractivity (Wildman–Crippen MR) is 74.0 cm³/mol. The SMILES string of the molecule is CNC(C)c1ccc(SC(C)CO)c(Br)c1. The van der Waals surface area contributed by atoms with Crippen LogP contribution in [-0.2, 0) is 0 Å². The molecule has 2 unspecified atom stereocenters. The van der Waals surface area contributed by atoms with E-state index >= 15 is 0 Å². The third-order valence-corrected chi connectivity index (χ3v) is 4.55. The van der Waals surface area contributed by atoms with E-state index in [9.17, 15) is 0 Å². The summed E-state index contributed by atoms with van der Waals surface area (Å²) < 4.78 is 1.09. The predicted octanol–water partition coefficient (Wildman–Crippen LogP) is 3.20. The van der Waals surface area contributed by atoms with Gasteiger partial charge >= 0.3 is 0 Å². The molecule has 0 fully saturated rings. The van der Waals surface area contributed by atoms with E-state index in [1.54, 1.807) is 11.8 Å². The molecule has 0 radical (unpaired) electrons. The summed E-state index contributed by atoms with van der Waals surface area (Å²) in [6, 6.07) is 6.71. The summed E-state index contributed by atoms with van der Waals surface area (Å²) in [6.45, 7) is 4.35. The lowest BCUT2D eigenvalue weighted by Crippen LogP contribution is -2.12. The number of aliphatic hydroxyl groups excluding tert-OH is 1. The zero-order chi connectivity index (χ0) is 12.1. The third-order valence-electron chi connectivity index (χ3n) is 2.47. The number of aliphatic hydroxyl groups is 1. The standard InChI is InChI=1S/C12H18BrNOS/c1-8(7-15)16-12-5-4-10(6-11(12)13)9(2)14-3/h4-6,8-9,14-15H,7H2,1-3H3. The van der Waals surface area contributed by atoms with E-state index in [1.807, 2.05) is 14.0 Å². The van der Waals surface area contributed by atoms with Crippen LogP contribution in [0.15, 0.2) is 27.6 Å². The van der Waals surface area contributed by atoms with Gasteiger partial charge in [-0.3, -0.25) is 0 Å². The van der Waals surface area contributed by atoms with Gasteiger partial charge in [-0.25, -0.2) is 0 Å². The first-order valence-corrected chi connectivity index (χ1v) is 7.00. The molecule has 0 saturated carbocycles. The maximum Gasteiger partial charge on any atom is 0.0550 e. The van der Waals surface area contributed by atoms with Gasteiger partial charge in [0.25, 0.3) is 0 Å². The quantitative estimate of drug-likeness (QED) is 0.819. The molecule has 4 heteroatoms. The fourth-order valence-electron chi connectivity index (χ4n) is 1.30. The van der Waals surface area contributed by atoms with E-state index in [-0.39, 0.29) is 11.9 Å². The number of rotatable bonds is 5. The van der Waals surface area contributed by atoms with Crippen molar-refractivity contribution in [1.29, 1.82) is 0 Å². The summed E-state index contributed by atoms with van der Waals surface area (Å²) in [5.74, 6) is 0. The topological polar surface area (TPSA) is 32.3 Å². The van der Waals surface area contributed by atoms with Gasteiger partial charge < -0.3 is 10.4 Å². The Labute approximate surface area is 110 Å². The van der Waals surface area contributed by atoms with E-state index in [0.717, 1.165) is 4.47 Å².